The van der Waals surface area contributed by atoms with Gasteiger partial charge in [0.05, 0.1) is 5.56 Å². The number of terminal acetylenes is 1. The van der Waals surface area contributed by atoms with Crippen molar-refractivity contribution in [1.82, 2.24) is 0 Å². The maximum Gasteiger partial charge on any atom is 0.338 e. The molecule has 0 aromatic heterocycles. The average molecular weight is 523 g/mol. The predicted octanol–water partition coefficient (Wildman–Crippen LogP) is 7.11. The highest BCUT2D eigenvalue weighted by atomic mass is 16.6. The van der Waals surface area contributed by atoms with Crippen LogP contribution in [0.15, 0.2) is 96.2 Å². The second-order valence-corrected chi connectivity index (χ2v) is 10.8. The maximum absolute atomic E-state index is 13.2. The zero-order valence-corrected chi connectivity index (χ0v) is 23.2. The van der Waals surface area contributed by atoms with Crippen LogP contribution in [0.5, 0.6) is 0 Å². The molecule has 1 aromatic carbocycles. The molecule has 6 atom stereocenters. The molecule has 3 aliphatic carbocycles. The minimum absolute atomic E-state index is 0.111. The first-order valence-electron chi connectivity index (χ1n) is 13.8. The van der Waals surface area contributed by atoms with E-state index in [4.69, 9.17) is 15.9 Å². The third-order valence-electron chi connectivity index (χ3n) is 8.63. The highest BCUT2D eigenvalue weighted by molar-refractivity contribution is 5.90. The van der Waals surface area contributed by atoms with E-state index in [1.54, 1.807) is 43.4 Å². The minimum Gasteiger partial charge on any atom is -0.455 e. The van der Waals surface area contributed by atoms with Crippen LogP contribution in [-0.2, 0) is 20.7 Å². The Morgan fingerprint density at radius 2 is 1.85 bits per heavy atom. The molecule has 0 radical (unpaired) electrons. The standard InChI is InChI=1S/C35H38O4/c1-7-11-12-27-19-29-30-20-28(32(29)23(27)6)21-31(38-35(37)26-17-15-25(10-4)16-18-26)33(30)39-34(36)22(5)13-14-24(8-2)9-3/h2,7,9,11-18,28-33H,1,3,10,19-21H2,4-6H3/b12-11-,22-13+,24-14-. The van der Waals surface area contributed by atoms with Crippen LogP contribution >= 0.6 is 0 Å². The van der Waals surface area contributed by atoms with Gasteiger partial charge in [0.2, 0.25) is 0 Å². The second-order valence-electron chi connectivity index (χ2n) is 10.8. The molecule has 0 aliphatic heterocycles. The van der Waals surface area contributed by atoms with E-state index < -0.39 is 18.2 Å². The topological polar surface area (TPSA) is 52.6 Å². The SMILES string of the molecule is C#C/C(C=C)=C/C=C(\C)C(=O)OC1C(OC(=O)c2ccc(CC)cc2)CC2CC1C1CC(/C=C\C=C)=C(C)C21. The van der Waals surface area contributed by atoms with Gasteiger partial charge >= 0.3 is 11.9 Å². The van der Waals surface area contributed by atoms with Crippen LogP contribution in [0.3, 0.4) is 0 Å². The molecule has 2 bridgehead atoms. The van der Waals surface area contributed by atoms with Crippen LogP contribution < -0.4 is 0 Å². The van der Waals surface area contributed by atoms with Crippen LogP contribution in [-0.4, -0.2) is 24.1 Å². The molecule has 0 saturated heterocycles. The zero-order chi connectivity index (χ0) is 28.1. The van der Waals surface area contributed by atoms with E-state index in [9.17, 15) is 9.59 Å². The average Bonchev–Trinajstić information content (AvgIpc) is 3.43. The Kier molecular flexibility index (Phi) is 8.92. The van der Waals surface area contributed by atoms with Gasteiger partial charge in [-0.1, -0.05) is 74.1 Å². The molecule has 0 N–H and O–H groups in total. The van der Waals surface area contributed by atoms with E-state index in [1.165, 1.54) is 11.1 Å². The summed E-state index contributed by atoms with van der Waals surface area (Å²) < 4.78 is 12.3. The van der Waals surface area contributed by atoms with Crippen LogP contribution in [0, 0.1) is 36.0 Å². The third kappa shape index (κ3) is 5.93. The Balaban J connectivity index is 1.60. The van der Waals surface area contributed by atoms with E-state index in [0.29, 0.717) is 40.9 Å². The highest BCUT2D eigenvalue weighted by Gasteiger charge is 2.57. The number of carbonyl (C=O) groups is 2. The Morgan fingerprint density at radius 1 is 1.10 bits per heavy atom. The summed E-state index contributed by atoms with van der Waals surface area (Å²) in [5.41, 5.74) is 5.41. The number of fused-ring (bicyclic) bond motifs is 5. The largest absolute Gasteiger partial charge is 0.455 e. The Hall–Kier alpha value is -3.84. The molecule has 0 heterocycles. The van der Waals surface area contributed by atoms with Crippen molar-refractivity contribution in [3.8, 4) is 12.3 Å². The summed E-state index contributed by atoms with van der Waals surface area (Å²) in [4.78, 5) is 26.4. The zero-order valence-electron chi connectivity index (χ0n) is 23.2. The summed E-state index contributed by atoms with van der Waals surface area (Å²) in [7, 11) is 0. The number of carbonyl (C=O) groups excluding carboxylic acids is 2. The minimum atomic E-state index is -0.517. The molecule has 1 aromatic rings. The maximum atomic E-state index is 13.2. The lowest BCUT2D eigenvalue weighted by Crippen LogP contribution is -2.44. The van der Waals surface area contributed by atoms with Gasteiger partial charge < -0.3 is 9.47 Å². The summed E-state index contributed by atoms with van der Waals surface area (Å²) in [6.07, 6.45) is 18.7. The number of ether oxygens (including phenoxy) is 2. The second kappa shape index (κ2) is 12.3. The lowest BCUT2D eigenvalue weighted by atomic mass is 9.80. The molecular weight excluding hydrogens is 484 g/mol. The van der Waals surface area contributed by atoms with Gasteiger partial charge in [0.25, 0.3) is 0 Å². The summed E-state index contributed by atoms with van der Waals surface area (Å²) in [5.74, 6) is 2.96. The molecule has 202 valence electrons. The lowest BCUT2D eigenvalue weighted by molar-refractivity contribution is -0.159. The first kappa shape index (κ1) is 28.2. The summed E-state index contributed by atoms with van der Waals surface area (Å²) in [5, 5.41) is 0. The molecule has 2 saturated carbocycles. The molecule has 0 spiro atoms. The summed E-state index contributed by atoms with van der Waals surface area (Å²) in [6.45, 7) is 13.5. The van der Waals surface area contributed by atoms with Gasteiger partial charge in [0, 0.05) is 17.1 Å². The van der Waals surface area contributed by atoms with Crippen molar-refractivity contribution in [3.63, 3.8) is 0 Å². The summed E-state index contributed by atoms with van der Waals surface area (Å²) in [6, 6.07) is 7.51. The molecule has 2 fully saturated rings. The number of rotatable bonds is 9. The van der Waals surface area contributed by atoms with Gasteiger partial charge in [-0.15, -0.1) is 6.42 Å². The number of benzene rings is 1. The molecule has 4 heteroatoms. The first-order valence-corrected chi connectivity index (χ1v) is 13.8. The summed E-state index contributed by atoms with van der Waals surface area (Å²) >= 11 is 0. The predicted molar refractivity (Wildman–Crippen MR) is 156 cm³/mol. The van der Waals surface area contributed by atoms with Gasteiger partial charge in [-0.2, -0.15) is 0 Å². The number of esters is 2. The normalized spacial score (nSPS) is 28.2. The van der Waals surface area contributed by atoms with Crippen molar-refractivity contribution in [2.75, 3.05) is 0 Å². The van der Waals surface area contributed by atoms with E-state index in [0.717, 1.165) is 24.8 Å². The fourth-order valence-electron chi connectivity index (χ4n) is 6.62. The highest BCUT2D eigenvalue weighted by Crippen LogP contribution is 2.59. The van der Waals surface area contributed by atoms with Gasteiger partial charge in [-0.25, -0.2) is 9.59 Å². The molecule has 4 nitrogen and oxygen atoms in total. The monoisotopic (exact) mass is 522 g/mol. The van der Waals surface area contributed by atoms with E-state index in [1.807, 2.05) is 18.2 Å². The quantitative estimate of drug-likeness (QED) is 0.150. The smallest absolute Gasteiger partial charge is 0.338 e. The Labute approximate surface area is 232 Å². The van der Waals surface area contributed by atoms with Crippen molar-refractivity contribution in [3.05, 3.63) is 107 Å². The number of allylic oxidation sites excluding steroid dienone is 9. The van der Waals surface area contributed by atoms with Gasteiger partial charge in [-0.05, 0) is 86.6 Å². The van der Waals surface area contributed by atoms with E-state index in [2.05, 4.69) is 39.0 Å². The van der Waals surface area contributed by atoms with Gasteiger partial charge in [-0.3, -0.25) is 0 Å². The first-order chi connectivity index (χ1) is 18.8. The molecule has 3 aliphatic rings. The number of hydrogen-bond donors (Lipinski definition) is 0. The van der Waals surface area contributed by atoms with Crippen molar-refractivity contribution in [2.24, 2.45) is 23.7 Å². The third-order valence-corrected chi connectivity index (χ3v) is 8.63. The number of aryl methyl sites for hydroxylation is 1. The van der Waals surface area contributed by atoms with Crippen LogP contribution in [0.25, 0.3) is 0 Å². The van der Waals surface area contributed by atoms with Gasteiger partial charge in [0.1, 0.15) is 12.2 Å². The fraction of sp³-hybridized carbons (Fsp3) is 0.371. The molecular formula is C35H38O4. The fourth-order valence-corrected chi connectivity index (χ4v) is 6.62. The van der Waals surface area contributed by atoms with Crippen molar-refractivity contribution in [1.29, 1.82) is 0 Å². The molecule has 6 unspecified atom stereocenters. The van der Waals surface area contributed by atoms with Gasteiger partial charge in [0.15, 0.2) is 0 Å². The van der Waals surface area contributed by atoms with Crippen LogP contribution in [0.4, 0.5) is 0 Å². The Morgan fingerprint density at radius 3 is 2.49 bits per heavy atom. The van der Waals surface area contributed by atoms with Crippen molar-refractivity contribution < 1.29 is 19.1 Å². The van der Waals surface area contributed by atoms with Crippen LogP contribution in [0.1, 0.15) is 56.0 Å². The van der Waals surface area contributed by atoms with E-state index >= 15 is 0 Å². The van der Waals surface area contributed by atoms with Crippen LogP contribution in [0.2, 0.25) is 0 Å². The van der Waals surface area contributed by atoms with E-state index in [-0.39, 0.29) is 11.9 Å². The molecule has 0 amide bonds. The van der Waals surface area contributed by atoms with Crippen molar-refractivity contribution >= 4 is 11.9 Å². The Bertz CT molecular complexity index is 1300. The van der Waals surface area contributed by atoms with Crippen molar-refractivity contribution in [2.45, 2.75) is 58.7 Å². The number of hydrogen-bond acceptors (Lipinski definition) is 4. The molecule has 39 heavy (non-hydrogen) atoms. The molecule has 4 rings (SSSR count). The lowest BCUT2D eigenvalue weighted by Gasteiger charge is -2.37.